The van der Waals surface area contributed by atoms with E-state index < -0.39 is 0 Å². The quantitative estimate of drug-likeness (QED) is 0.535. The van der Waals surface area contributed by atoms with E-state index in [1.807, 2.05) is 49.7 Å². The molecule has 20 heavy (non-hydrogen) atoms. The van der Waals surface area contributed by atoms with E-state index in [-0.39, 0.29) is 0 Å². The molecule has 0 aliphatic carbocycles. The maximum Gasteiger partial charge on any atom is 0.152 e. The molecular weight excluding hydrogens is 266 g/mol. The van der Waals surface area contributed by atoms with Crippen LogP contribution in [0.3, 0.4) is 0 Å². The van der Waals surface area contributed by atoms with Crippen LogP contribution in [0.15, 0.2) is 58.4 Å². The molecule has 1 heterocycles. The number of imidazole rings is 1. The van der Waals surface area contributed by atoms with Gasteiger partial charge < -0.3 is 4.57 Å². The molecule has 0 radical (unpaired) electrons. The first-order valence-corrected chi connectivity index (χ1v) is 7.60. The van der Waals surface area contributed by atoms with E-state index in [0.717, 1.165) is 22.5 Å². The summed E-state index contributed by atoms with van der Waals surface area (Å²) in [6.45, 7) is 0. The fourth-order valence-corrected chi connectivity index (χ4v) is 2.69. The van der Waals surface area contributed by atoms with Crippen LogP contribution in [-0.2, 0) is 7.05 Å². The fraction of sp³-hybridized carbons (Fsp3) is 0.125. The van der Waals surface area contributed by atoms with Crippen molar-refractivity contribution in [2.75, 3.05) is 6.26 Å². The number of benzene rings is 2. The molecule has 0 unspecified atom stereocenters. The molecule has 1 aromatic heterocycles. The number of thioether (sulfide) groups is 1. The highest BCUT2D eigenvalue weighted by Crippen LogP contribution is 2.27. The van der Waals surface area contributed by atoms with E-state index in [0.29, 0.717) is 0 Å². The van der Waals surface area contributed by atoms with Crippen molar-refractivity contribution in [3.05, 3.63) is 54.4 Å². The summed E-state index contributed by atoms with van der Waals surface area (Å²) in [4.78, 5) is 10.3. The van der Waals surface area contributed by atoms with Gasteiger partial charge in [-0.25, -0.2) is 4.98 Å². The van der Waals surface area contributed by atoms with Crippen LogP contribution in [0.2, 0.25) is 0 Å². The first kappa shape index (κ1) is 12.9. The molecule has 3 nitrogen and oxygen atoms in total. The Hall–Kier alpha value is -2.07. The first-order chi connectivity index (χ1) is 9.79. The molecule has 0 aliphatic rings. The second-order valence-corrected chi connectivity index (χ2v) is 5.30. The second-order valence-electron chi connectivity index (χ2n) is 4.45. The summed E-state index contributed by atoms with van der Waals surface area (Å²) in [7, 11) is 2.01. The normalized spacial score (nSPS) is 11.5. The average molecular weight is 281 g/mol. The first-order valence-electron chi connectivity index (χ1n) is 6.38. The number of aromatic nitrogens is 2. The molecule has 3 aromatic rings. The summed E-state index contributed by atoms with van der Waals surface area (Å²) < 4.78 is 2.06. The predicted octanol–water partition coefficient (Wildman–Crippen LogP) is 4.05. The Morgan fingerprint density at radius 1 is 1.10 bits per heavy atom. The van der Waals surface area contributed by atoms with Gasteiger partial charge in [0.2, 0.25) is 0 Å². The number of hydrogen-bond acceptors (Lipinski definition) is 3. The summed E-state index contributed by atoms with van der Waals surface area (Å²) >= 11 is 1.70. The van der Waals surface area contributed by atoms with Gasteiger partial charge in [-0.1, -0.05) is 24.3 Å². The zero-order valence-corrected chi connectivity index (χ0v) is 12.3. The van der Waals surface area contributed by atoms with Crippen LogP contribution in [0, 0.1) is 0 Å². The number of hydrogen-bond donors (Lipinski definition) is 0. The predicted molar refractivity (Wildman–Crippen MR) is 86.2 cm³/mol. The third-order valence-corrected chi connectivity index (χ3v) is 4.01. The SMILES string of the molecule is CSc1ccccc1/N=C/c1nc2ccccc2n1C. The lowest BCUT2D eigenvalue weighted by Gasteiger charge is -2.01. The summed E-state index contributed by atoms with van der Waals surface area (Å²) in [5.41, 5.74) is 3.09. The average Bonchev–Trinajstić information content (AvgIpc) is 2.82. The minimum Gasteiger partial charge on any atom is -0.326 e. The van der Waals surface area contributed by atoms with Gasteiger partial charge in [0, 0.05) is 11.9 Å². The summed E-state index contributed by atoms with van der Waals surface area (Å²) in [6, 6.07) is 16.2. The van der Waals surface area contributed by atoms with Crippen molar-refractivity contribution in [3.63, 3.8) is 0 Å². The van der Waals surface area contributed by atoms with Gasteiger partial charge in [-0.15, -0.1) is 11.8 Å². The van der Waals surface area contributed by atoms with Crippen molar-refractivity contribution in [1.82, 2.24) is 9.55 Å². The van der Waals surface area contributed by atoms with Gasteiger partial charge in [-0.2, -0.15) is 0 Å². The van der Waals surface area contributed by atoms with E-state index in [9.17, 15) is 0 Å². The van der Waals surface area contributed by atoms with E-state index in [1.54, 1.807) is 11.8 Å². The van der Waals surface area contributed by atoms with E-state index >= 15 is 0 Å². The van der Waals surface area contributed by atoms with E-state index in [1.165, 1.54) is 4.90 Å². The third-order valence-electron chi connectivity index (χ3n) is 3.23. The molecule has 0 N–H and O–H groups in total. The molecule has 100 valence electrons. The number of aryl methyl sites for hydroxylation is 1. The fourth-order valence-electron chi connectivity index (χ4n) is 2.14. The molecule has 0 aliphatic heterocycles. The number of aliphatic imine (C=N–C) groups is 1. The van der Waals surface area contributed by atoms with Crippen molar-refractivity contribution in [1.29, 1.82) is 0 Å². The minimum absolute atomic E-state index is 0.863. The van der Waals surface area contributed by atoms with Crippen molar-refractivity contribution in [3.8, 4) is 0 Å². The van der Waals surface area contributed by atoms with Gasteiger partial charge >= 0.3 is 0 Å². The Labute approximate surface area is 122 Å². The van der Waals surface area contributed by atoms with Crippen LogP contribution < -0.4 is 0 Å². The Morgan fingerprint density at radius 3 is 2.65 bits per heavy atom. The van der Waals surface area contributed by atoms with Crippen LogP contribution >= 0.6 is 11.8 Å². The molecule has 4 heteroatoms. The lowest BCUT2D eigenvalue weighted by Crippen LogP contribution is -1.95. The zero-order chi connectivity index (χ0) is 13.9. The largest absolute Gasteiger partial charge is 0.326 e. The van der Waals surface area contributed by atoms with Crippen LogP contribution in [0.25, 0.3) is 11.0 Å². The molecule has 0 saturated carbocycles. The van der Waals surface area contributed by atoms with Gasteiger partial charge in [-0.3, -0.25) is 4.99 Å². The number of fused-ring (bicyclic) bond motifs is 1. The summed E-state index contributed by atoms with van der Waals surface area (Å²) in [5, 5.41) is 0. The highest BCUT2D eigenvalue weighted by molar-refractivity contribution is 7.98. The highest BCUT2D eigenvalue weighted by Gasteiger charge is 2.04. The van der Waals surface area contributed by atoms with Gasteiger partial charge in [-0.05, 0) is 30.5 Å². The third kappa shape index (κ3) is 2.34. The maximum atomic E-state index is 4.59. The standard InChI is InChI=1S/C16H15N3S/c1-19-14-9-5-3-7-12(14)18-16(19)11-17-13-8-4-6-10-15(13)20-2/h3-11H,1-2H3/b17-11+. The molecule has 0 saturated heterocycles. The molecule has 3 rings (SSSR count). The lowest BCUT2D eigenvalue weighted by molar-refractivity contribution is 0.934. The molecule has 0 amide bonds. The molecule has 0 atom stereocenters. The molecule has 0 bridgehead atoms. The van der Waals surface area contributed by atoms with Gasteiger partial charge in [0.25, 0.3) is 0 Å². The van der Waals surface area contributed by atoms with Gasteiger partial charge in [0.15, 0.2) is 5.82 Å². The minimum atomic E-state index is 0.863. The van der Waals surface area contributed by atoms with Crippen molar-refractivity contribution >= 4 is 34.7 Å². The molecular formula is C16H15N3S. The summed E-state index contributed by atoms with van der Waals surface area (Å²) in [5.74, 6) is 0.863. The Balaban J connectivity index is 2.00. The number of para-hydroxylation sites is 3. The van der Waals surface area contributed by atoms with Crippen molar-refractivity contribution in [2.24, 2.45) is 12.0 Å². The maximum absolute atomic E-state index is 4.59. The molecule has 0 spiro atoms. The van der Waals surface area contributed by atoms with Crippen LogP contribution in [0.5, 0.6) is 0 Å². The topological polar surface area (TPSA) is 30.2 Å². The Bertz CT molecular complexity index is 774. The summed E-state index contributed by atoms with van der Waals surface area (Å²) in [6.07, 6.45) is 3.89. The number of rotatable bonds is 3. The molecule has 2 aromatic carbocycles. The van der Waals surface area contributed by atoms with Crippen molar-refractivity contribution < 1.29 is 0 Å². The van der Waals surface area contributed by atoms with Crippen LogP contribution in [0.4, 0.5) is 5.69 Å². The second kappa shape index (κ2) is 5.51. The Kier molecular flexibility index (Phi) is 3.56. The lowest BCUT2D eigenvalue weighted by atomic mass is 10.3. The van der Waals surface area contributed by atoms with Gasteiger partial charge in [0.1, 0.15) is 0 Å². The smallest absolute Gasteiger partial charge is 0.152 e. The van der Waals surface area contributed by atoms with Gasteiger partial charge in [0.05, 0.1) is 22.9 Å². The highest BCUT2D eigenvalue weighted by atomic mass is 32.2. The van der Waals surface area contributed by atoms with Crippen LogP contribution in [-0.4, -0.2) is 22.0 Å². The van der Waals surface area contributed by atoms with Crippen LogP contribution in [0.1, 0.15) is 5.82 Å². The monoisotopic (exact) mass is 281 g/mol. The zero-order valence-electron chi connectivity index (χ0n) is 11.4. The van der Waals surface area contributed by atoms with Crippen molar-refractivity contribution in [2.45, 2.75) is 4.90 Å². The number of nitrogens with zero attached hydrogens (tertiary/aromatic N) is 3. The van der Waals surface area contributed by atoms with E-state index in [2.05, 4.69) is 32.9 Å². The Morgan fingerprint density at radius 2 is 1.85 bits per heavy atom. The molecule has 0 fully saturated rings. The van der Waals surface area contributed by atoms with E-state index in [4.69, 9.17) is 0 Å².